The van der Waals surface area contributed by atoms with Crippen molar-refractivity contribution in [1.82, 2.24) is 4.98 Å². The molecule has 0 spiro atoms. The van der Waals surface area contributed by atoms with Crippen LogP contribution in [0.15, 0.2) is 53.1 Å². The molecule has 2 aromatic carbocycles. The number of amides is 2. The summed E-state index contributed by atoms with van der Waals surface area (Å²) in [5.41, 5.74) is 6.47. The molecule has 0 radical (unpaired) electrons. The number of aromatic nitrogens is 1. The van der Waals surface area contributed by atoms with Gasteiger partial charge in [0.1, 0.15) is 5.82 Å². The number of rotatable bonds is 6. The van der Waals surface area contributed by atoms with E-state index in [1.807, 2.05) is 0 Å². The molecule has 0 aliphatic heterocycles. The number of oxazole rings is 1. The molecule has 0 unspecified atom stereocenters. The smallest absolute Gasteiger partial charge is 0.250 e. The number of anilines is 1. The molecule has 0 saturated carbocycles. The molecule has 0 aliphatic carbocycles. The standard InChI is InChI=1S/C19H15ClFN3O3/c20-15-6-5-13(9-14(15)19(22)26)24-17(25)7-8-18-23-10-16(27-18)11-1-3-12(21)4-2-11/h1-6,9-10H,7-8H2,(H2,22,26)(H,24,25). The lowest BCUT2D eigenvalue weighted by atomic mass is 10.2. The average molecular weight is 388 g/mol. The summed E-state index contributed by atoms with van der Waals surface area (Å²) in [6.45, 7) is 0. The third-order valence-corrected chi connectivity index (χ3v) is 4.09. The molecule has 27 heavy (non-hydrogen) atoms. The first kappa shape index (κ1) is 18.6. The molecule has 0 bridgehead atoms. The number of halogens is 2. The molecule has 3 rings (SSSR count). The first-order valence-corrected chi connectivity index (χ1v) is 8.40. The van der Waals surface area contributed by atoms with E-state index in [0.717, 1.165) is 0 Å². The van der Waals surface area contributed by atoms with Crippen molar-refractivity contribution >= 4 is 29.1 Å². The summed E-state index contributed by atoms with van der Waals surface area (Å²) in [6, 6.07) is 10.3. The Morgan fingerprint density at radius 3 is 2.63 bits per heavy atom. The summed E-state index contributed by atoms with van der Waals surface area (Å²) in [7, 11) is 0. The SMILES string of the molecule is NC(=O)c1cc(NC(=O)CCc2ncc(-c3ccc(F)cc3)o2)ccc1Cl. The Bertz CT molecular complexity index is 986. The summed E-state index contributed by atoms with van der Waals surface area (Å²) in [4.78, 5) is 27.5. The largest absolute Gasteiger partial charge is 0.441 e. The van der Waals surface area contributed by atoms with Gasteiger partial charge >= 0.3 is 0 Å². The molecule has 3 aromatic rings. The van der Waals surface area contributed by atoms with E-state index in [1.165, 1.54) is 30.5 Å². The Balaban J connectivity index is 1.59. The van der Waals surface area contributed by atoms with E-state index in [2.05, 4.69) is 10.3 Å². The highest BCUT2D eigenvalue weighted by Crippen LogP contribution is 2.22. The molecule has 3 N–H and O–H groups in total. The van der Waals surface area contributed by atoms with Crippen molar-refractivity contribution in [3.05, 3.63) is 71.0 Å². The Kier molecular flexibility index (Phi) is 5.52. The first-order chi connectivity index (χ1) is 12.9. The lowest BCUT2D eigenvalue weighted by Gasteiger charge is -2.07. The van der Waals surface area contributed by atoms with Crippen molar-refractivity contribution in [2.75, 3.05) is 5.32 Å². The number of nitrogens with zero attached hydrogens (tertiary/aromatic N) is 1. The second-order valence-corrected chi connectivity index (χ2v) is 6.14. The van der Waals surface area contributed by atoms with Gasteiger partial charge < -0.3 is 15.5 Å². The number of hydrogen-bond donors (Lipinski definition) is 2. The highest BCUT2D eigenvalue weighted by atomic mass is 35.5. The van der Waals surface area contributed by atoms with Crippen molar-refractivity contribution in [3.8, 4) is 11.3 Å². The van der Waals surface area contributed by atoms with Crippen LogP contribution in [0.25, 0.3) is 11.3 Å². The van der Waals surface area contributed by atoms with E-state index in [0.29, 0.717) is 22.9 Å². The van der Waals surface area contributed by atoms with Crippen molar-refractivity contribution in [2.24, 2.45) is 5.73 Å². The van der Waals surface area contributed by atoms with Gasteiger partial charge in [0.2, 0.25) is 11.8 Å². The van der Waals surface area contributed by atoms with Gasteiger partial charge in [-0.1, -0.05) is 11.6 Å². The number of benzene rings is 2. The van der Waals surface area contributed by atoms with Gasteiger partial charge in [0.25, 0.3) is 0 Å². The predicted octanol–water partition coefficient (Wildman–Crippen LogP) is 3.80. The summed E-state index contributed by atoms with van der Waals surface area (Å²) >= 11 is 5.88. The molecular weight excluding hydrogens is 373 g/mol. The van der Waals surface area contributed by atoms with E-state index >= 15 is 0 Å². The normalized spacial score (nSPS) is 10.6. The number of nitrogens with one attached hydrogen (secondary N) is 1. The Morgan fingerprint density at radius 1 is 1.19 bits per heavy atom. The maximum atomic E-state index is 13.0. The summed E-state index contributed by atoms with van der Waals surface area (Å²) < 4.78 is 18.5. The fourth-order valence-corrected chi connectivity index (χ4v) is 2.62. The van der Waals surface area contributed by atoms with Gasteiger partial charge in [0.05, 0.1) is 16.8 Å². The molecule has 0 aliphatic rings. The second-order valence-electron chi connectivity index (χ2n) is 5.73. The molecule has 1 aromatic heterocycles. The molecule has 2 amide bonds. The molecule has 6 nitrogen and oxygen atoms in total. The van der Waals surface area contributed by atoms with Gasteiger partial charge in [-0.25, -0.2) is 9.37 Å². The van der Waals surface area contributed by atoms with Crippen LogP contribution in [0.5, 0.6) is 0 Å². The molecule has 0 fully saturated rings. The van der Waals surface area contributed by atoms with Gasteiger partial charge in [-0.15, -0.1) is 0 Å². The van der Waals surface area contributed by atoms with Gasteiger partial charge in [-0.3, -0.25) is 9.59 Å². The lowest BCUT2D eigenvalue weighted by Crippen LogP contribution is -2.15. The third-order valence-electron chi connectivity index (χ3n) is 3.76. The third kappa shape index (κ3) is 4.71. The summed E-state index contributed by atoms with van der Waals surface area (Å²) in [5, 5.41) is 2.88. The van der Waals surface area contributed by atoms with Crippen molar-refractivity contribution in [2.45, 2.75) is 12.8 Å². The van der Waals surface area contributed by atoms with Crippen molar-refractivity contribution in [3.63, 3.8) is 0 Å². The summed E-state index contributed by atoms with van der Waals surface area (Å²) in [5.74, 6) is -0.414. The van der Waals surface area contributed by atoms with Crippen LogP contribution in [0.2, 0.25) is 5.02 Å². The van der Waals surface area contributed by atoms with Crippen LogP contribution < -0.4 is 11.1 Å². The average Bonchev–Trinajstić information content (AvgIpc) is 3.11. The van der Waals surface area contributed by atoms with E-state index < -0.39 is 5.91 Å². The quantitative estimate of drug-likeness (QED) is 0.672. The van der Waals surface area contributed by atoms with E-state index in [9.17, 15) is 14.0 Å². The van der Waals surface area contributed by atoms with Gasteiger partial charge in [-0.05, 0) is 42.5 Å². The van der Waals surface area contributed by atoms with E-state index in [4.69, 9.17) is 21.8 Å². The minimum atomic E-state index is -0.677. The minimum absolute atomic E-state index is 0.123. The zero-order valence-electron chi connectivity index (χ0n) is 14.0. The first-order valence-electron chi connectivity index (χ1n) is 8.02. The van der Waals surface area contributed by atoms with E-state index in [-0.39, 0.29) is 35.2 Å². The fourth-order valence-electron chi connectivity index (χ4n) is 2.41. The van der Waals surface area contributed by atoms with Crippen molar-refractivity contribution in [1.29, 1.82) is 0 Å². The second kappa shape index (κ2) is 8.01. The molecule has 1 heterocycles. The maximum Gasteiger partial charge on any atom is 0.250 e. The highest BCUT2D eigenvalue weighted by Gasteiger charge is 2.12. The van der Waals surface area contributed by atoms with Crippen molar-refractivity contribution < 1.29 is 18.4 Å². The van der Waals surface area contributed by atoms with Crippen LogP contribution in [0.3, 0.4) is 0 Å². The highest BCUT2D eigenvalue weighted by molar-refractivity contribution is 6.34. The maximum absolute atomic E-state index is 13.0. The molecule has 138 valence electrons. The Morgan fingerprint density at radius 2 is 1.93 bits per heavy atom. The molecular formula is C19H15ClFN3O3. The Labute approximate surface area is 159 Å². The minimum Gasteiger partial charge on any atom is -0.441 e. The van der Waals surface area contributed by atoms with Crippen LogP contribution in [0.4, 0.5) is 10.1 Å². The lowest BCUT2D eigenvalue weighted by molar-refractivity contribution is -0.116. The number of primary amides is 1. The number of aryl methyl sites for hydroxylation is 1. The van der Waals surface area contributed by atoms with Crippen LogP contribution in [0.1, 0.15) is 22.7 Å². The number of hydrogen-bond acceptors (Lipinski definition) is 4. The number of carbonyl (C=O) groups excluding carboxylic acids is 2. The van der Waals surface area contributed by atoms with Gasteiger partial charge in [0, 0.05) is 24.1 Å². The molecule has 8 heteroatoms. The predicted molar refractivity (Wildman–Crippen MR) is 98.8 cm³/mol. The van der Waals surface area contributed by atoms with Gasteiger partial charge in [-0.2, -0.15) is 0 Å². The Hall–Kier alpha value is -3.19. The monoisotopic (exact) mass is 387 g/mol. The van der Waals surface area contributed by atoms with Crippen LogP contribution in [-0.4, -0.2) is 16.8 Å². The van der Waals surface area contributed by atoms with Crippen LogP contribution >= 0.6 is 11.6 Å². The van der Waals surface area contributed by atoms with E-state index in [1.54, 1.807) is 18.2 Å². The number of carbonyl (C=O) groups is 2. The topological polar surface area (TPSA) is 98.2 Å². The van der Waals surface area contributed by atoms with Gasteiger partial charge in [0.15, 0.2) is 11.7 Å². The number of nitrogens with two attached hydrogens (primary N) is 1. The molecule has 0 saturated heterocycles. The summed E-state index contributed by atoms with van der Waals surface area (Å²) in [6.07, 6.45) is 1.93. The van der Waals surface area contributed by atoms with Crippen LogP contribution in [0, 0.1) is 5.82 Å². The zero-order valence-corrected chi connectivity index (χ0v) is 14.8. The zero-order chi connectivity index (χ0) is 19.4. The fraction of sp³-hybridized carbons (Fsp3) is 0.105. The molecule has 0 atom stereocenters. The van der Waals surface area contributed by atoms with Crippen LogP contribution in [-0.2, 0) is 11.2 Å².